The van der Waals surface area contributed by atoms with E-state index in [1.807, 2.05) is 30.3 Å². The number of hydrogen-bond donors (Lipinski definition) is 1. The quantitative estimate of drug-likeness (QED) is 0.875. The SMILES string of the molecule is CNC(=S)N1N=C(c2cccc(OC)c2)CC1c1cccs1. The molecule has 0 fully saturated rings. The van der Waals surface area contributed by atoms with E-state index in [2.05, 4.69) is 28.9 Å². The number of thiocarbonyl (C=S) groups is 1. The lowest BCUT2D eigenvalue weighted by molar-refractivity contribution is 0.371. The molecule has 0 saturated carbocycles. The first-order valence-electron chi connectivity index (χ1n) is 6.99. The maximum absolute atomic E-state index is 5.41. The molecule has 4 nitrogen and oxygen atoms in total. The van der Waals surface area contributed by atoms with Crippen LogP contribution in [0.4, 0.5) is 0 Å². The van der Waals surface area contributed by atoms with E-state index in [-0.39, 0.29) is 6.04 Å². The summed E-state index contributed by atoms with van der Waals surface area (Å²) in [6.45, 7) is 0. The number of benzene rings is 1. The summed E-state index contributed by atoms with van der Waals surface area (Å²) in [6.07, 6.45) is 0.829. The van der Waals surface area contributed by atoms with E-state index in [0.29, 0.717) is 5.11 Å². The van der Waals surface area contributed by atoms with E-state index in [1.54, 1.807) is 18.4 Å². The Morgan fingerprint density at radius 3 is 2.95 bits per heavy atom. The highest BCUT2D eigenvalue weighted by Gasteiger charge is 2.31. The molecular formula is C16H17N3OS2. The van der Waals surface area contributed by atoms with Gasteiger partial charge < -0.3 is 10.1 Å². The molecule has 0 radical (unpaired) electrons. The summed E-state index contributed by atoms with van der Waals surface area (Å²) < 4.78 is 5.30. The van der Waals surface area contributed by atoms with Gasteiger partial charge in [0.25, 0.3) is 0 Å². The van der Waals surface area contributed by atoms with Gasteiger partial charge >= 0.3 is 0 Å². The second kappa shape index (κ2) is 6.46. The zero-order chi connectivity index (χ0) is 15.5. The lowest BCUT2D eigenvalue weighted by Gasteiger charge is -2.22. The van der Waals surface area contributed by atoms with Crippen molar-refractivity contribution in [3.05, 3.63) is 52.2 Å². The first kappa shape index (κ1) is 15.0. The topological polar surface area (TPSA) is 36.9 Å². The van der Waals surface area contributed by atoms with Crippen LogP contribution in [-0.2, 0) is 0 Å². The number of methoxy groups -OCH3 is 1. The second-order valence-corrected chi connectivity index (χ2v) is 6.28. The Kier molecular flexibility index (Phi) is 4.40. The molecule has 0 bridgehead atoms. The molecule has 1 aromatic carbocycles. The predicted octanol–water partition coefficient (Wildman–Crippen LogP) is 3.41. The third-order valence-electron chi connectivity index (χ3n) is 3.61. The summed E-state index contributed by atoms with van der Waals surface area (Å²) in [5.74, 6) is 0.836. The van der Waals surface area contributed by atoms with E-state index >= 15 is 0 Å². The number of nitrogens with one attached hydrogen (secondary N) is 1. The highest BCUT2D eigenvalue weighted by Crippen LogP contribution is 2.35. The van der Waals surface area contributed by atoms with Gasteiger partial charge in [0.1, 0.15) is 5.75 Å². The molecule has 1 N–H and O–H groups in total. The predicted molar refractivity (Wildman–Crippen MR) is 94.7 cm³/mol. The Labute approximate surface area is 139 Å². The molecule has 0 aliphatic carbocycles. The molecule has 22 heavy (non-hydrogen) atoms. The molecule has 0 saturated heterocycles. The van der Waals surface area contributed by atoms with E-state index in [4.69, 9.17) is 22.1 Å². The van der Waals surface area contributed by atoms with E-state index in [0.717, 1.165) is 23.4 Å². The smallest absolute Gasteiger partial charge is 0.190 e. The van der Waals surface area contributed by atoms with Crippen LogP contribution in [0.5, 0.6) is 5.75 Å². The highest BCUT2D eigenvalue weighted by molar-refractivity contribution is 7.80. The van der Waals surface area contributed by atoms with Gasteiger partial charge in [0.05, 0.1) is 18.9 Å². The molecule has 6 heteroatoms. The largest absolute Gasteiger partial charge is 0.497 e. The van der Waals surface area contributed by atoms with Crippen molar-refractivity contribution >= 4 is 34.4 Å². The van der Waals surface area contributed by atoms with E-state index < -0.39 is 0 Å². The summed E-state index contributed by atoms with van der Waals surface area (Å²) >= 11 is 7.13. The molecule has 0 amide bonds. The number of nitrogens with zero attached hydrogens (tertiary/aromatic N) is 2. The Bertz CT molecular complexity index is 697. The normalized spacial score (nSPS) is 17.3. The summed E-state index contributed by atoms with van der Waals surface area (Å²) in [5, 5.41) is 12.4. The monoisotopic (exact) mass is 331 g/mol. The molecule has 1 atom stereocenters. The maximum atomic E-state index is 5.41. The summed E-state index contributed by atoms with van der Waals surface area (Å²) in [7, 11) is 3.50. The van der Waals surface area contributed by atoms with Gasteiger partial charge in [-0.2, -0.15) is 5.10 Å². The van der Waals surface area contributed by atoms with Gasteiger partial charge in [-0.25, -0.2) is 5.01 Å². The average molecular weight is 331 g/mol. The van der Waals surface area contributed by atoms with Crippen molar-refractivity contribution in [3.63, 3.8) is 0 Å². The van der Waals surface area contributed by atoms with Crippen LogP contribution in [0.25, 0.3) is 0 Å². The third-order valence-corrected chi connectivity index (χ3v) is 4.97. The molecule has 1 aliphatic rings. The molecule has 1 aromatic heterocycles. The van der Waals surface area contributed by atoms with E-state index in [1.165, 1.54) is 4.88 Å². The number of hydrogen-bond acceptors (Lipinski definition) is 4. The minimum Gasteiger partial charge on any atom is -0.497 e. The Morgan fingerprint density at radius 1 is 1.41 bits per heavy atom. The summed E-state index contributed by atoms with van der Waals surface area (Å²) in [4.78, 5) is 1.26. The lowest BCUT2D eigenvalue weighted by Crippen LogP contribution is -2.34. The van der Waals surface area contributed by atoms with Crippen molar-refractivity contribution in [1.82, 2.24) is 10.3 Å². The summed E-state index contributed by atoms with van der Waals surface area (Å²) in [5.41, 5.74) is 2.09. The fraction of sp³-hybridized carbons (Fsp3) is 0.250. The van der Waals surface area contributed by atoms with Crippen LogP contribution < -0.4 is 10.1 Å². The second-order valence-electron chi connectivity index (χ2n) is 4.91. The number of thiophene rings is 1. The summed E-state index contributed by atoms with van der Waals surface area (Å²) in [6, 6.07) is 12.3. The number of rotatable bonds is 3. The fourth-order valence-electron chi connectivity index (χ4n) is 2.49. The van der Waals surface area contributed by atoms with Crippen molar-refractivity contribution in [3.8, 4) is 5.75 Å². The van der Waals surface area contributed by atoms with Gasteiger partial charge in [-0.3, -0.25) is 0 Å². The minimum absolute atomic E-state index is 0.154. The lowest BCUT2D eigenvalue weighted by atomic mass is 10.0. The van der Waals surface area contributed by atoms with Gasteiger partial charge in [0.2, 0.25) is 0 Å². The first-order chi connectivity index (χ1) is 10.7. The van der Waals surface area contributed by atoms with Gasteiger partial charge in [0.15, 0.2) is 5.11 Å². The van der Waals surface area contributed by atoms with Gasteiger partial charge in [-0.05, 0) is 35.8 Å². The van der Waals surface area contributed by atoms with Crippen molar-refractivity contribution in [2.24, 2.45) is 5.10 Å². The van der Waals surface area contributed by atoms with Crippen LogP contribution in [0.15, 0.2) is 46.9 Å². The Morgan fingerprint density at radius 2 is 2.27 bits per heavy atom. The minimum atomic E-state index is 0.154. The molecule has 3 rings (SSSR count). The van der Waals surface area contributed by atoms with Gasteiger partial charge in [-0.1, -0.05) is 18.2 Å². The van der Waals surface area contributed by atoms with Crippen molar-refractivity contribution in [2.75, 3.05) is 14.2 Å². The zero-order valence-electron chi connectivity index (χ0n) is 12.4. The highest BCUT2D eigenvalue weighted by atomic mass is 32.1. The molecule has 2 heterocycles. The van der Waals surface area contributed by atoms with Crippen LogP contribution in [0, 0.1) is 0 Å². The maximum Gasteiger partial charge on any atom is 0.190 e. The number of hydrazone groups is 1. The molecule has 0 spiro atoms. The van der Waals surface area contributed by atoms with Gasteiger partial charge in [-0.15, -0.1) is 11.3 Å². The first-order valence-corrected chi connectivity index (χ1v) is 8.28. The fourth-order valence-corrected chi connectivity index (χ4v) is 3.47. The van der Waals surface area contributed by atoms with E-state index in [9.17, 15) is 0 Å². The van der Waals surface area contributed by atoms with Gasteiger partial charge in [0, 0.05) is 23.9 Å². The van der Waals surface area contributed by atoms with Crippen LogP contribution in [-0.4, -0.2) is 30.0 Å². The zero-order valence-corrected chi connectivity index (χ0v) is 14.1. The molecular weight excluding hydrogens is 314 g/mol. The van der Waals surface area contributed by atoms with Crippen LogP contribution in [0.2, 0.25) is 0 Å². The van der Waals surface area contributed by atoms with Crippen LogP contribution >= 0.6 is 23.6 Å². The van der Waals surface area contributed by atoms with Crippen LogP contribution in [0.1, 0.15) is 22.9 Å². The molecule has 114 valence electrons. The Balaban J connectivity index is 1.94. The molecule has 1 aliphatic heterocycles. The Hall–Kier alpha value is -1.92. The third kappa shape index (κ3) is 2.84. The number of ether oxygens (including phenoxy) is 1. The average Bonchev–Trinajstić information content (AvgIpc) is 3.23. The molecule has 2 aromatic rings. The standard InChI is InChI=1S/C16H17N3OS2/c1-17-16(21)19-14(15-7-4-8-22-15)10-13(18-19)11-5-3-6-12(9-11)20-2/h3-9,14H,10H2,1-2H3,(H,17,21). The molecule has 1 unspecified atom stereocenters. The van der Waals surface area contributed by atoms with Crippen molar-refractivity contribution in [2.45, 2.75) is 12.5 Å². The van der Waals surface area contributed by atoms with Crippen LogP contribution in [0.3, 0.4) is 0 Å². The van der Waals surface area contributed by atoms with Crippen molar-refractivity contribution < 1.29 is 4.74 Å². The van der Waals surface area contributed by atoms with Crippen molar-refractivity contribution in [1.29, 1.82) is 0 Å².